The van der Waals surface area contributed by atoms with E-state index < -0.39 is 17.4 Å². The minimum atomic E-state index is -1.10. The van der Waals surface area contributed by atoms with E-state index in [4.69, 9.17) is 9.84 Å². The van der Waals surface area contributed by atoms with Gasteiger partial charge in [-0.3, -0.25) is 9.48 Å². The zero-order valence-electron chi connectivity index (χ0n) is 11.9. The van der Waals surface area contributed by atoms with Gasteiger partial charge >= 0.3 is 5.97 Å². The van der Waals surface area contributed by atoms with Gasteiger partial charge in [-0.15, -0.1) is 0 Å². The molecule has 0 bridgehead atoms. The third kappa shape index (κ3) is 2.48. The van der Waals surface area contributed by atoms with Crippen molar-refractivity contribution in [3.63, 3.8) is 0 Å². The summed E-state index contributed by atoms with van der Waals surface area (Å²) in [6.07, 6.45) is 1.76. The highest BCUT2D eigenvalue weighted by atomic mass is 16.5. The molecule has 0 radical (unpaired) electrons. The van der Waals surface area contributed by atoms with E-state index in [1.54, 1.807) is 18.7 Å². The first-order valence-electron chi connectivity index (χ1n) is 6.53. The fourth-order valence-electron chi connectivity index (χ4n) is 2.33. The van der Waals surface area contributed by atoms with Gasteiger partial charge in [0.2, 0.25) is 0 Å². The number of aliphatic carboxylic acids is 1. The van der Waals surface area contributed by atoms with Crippen LogP contribution in [0, 0.1) is 13.8 Å². The molecule has 1 aromatic heterocycles. The molecule has 1 heterocycles. The first-order valence-corrected chi connectivity index (χ1v) is 6.53. The number of ether oxygens (including phenoxy) is 1. The molecule has 1 aliphatic rings. The van der Waals surface area contributed by atoms with Crippen LogP contribution >= 0.6 is 0 Å². The molecule has 0 spiro atoms. The molecule has 7 heteroatoms. The number of hydrogen-bond acceptors (Lipinski definition) is 4. The zero-order chi connectivity index (χ0) is 14.9. The van der Waals surface area contributed by atoms with Gasteiger partial charge in [-0.25, -0.2) is 4.79 Å². The van der Waals surface area contributed by atoms with Crippen LogP contribution in [-0.4, -0.2) is 38.9 Å². The monoisotopic (exact) mass is 281 g/mol. The molecule has 110 valence electrons. The van der Waals surface area contributed by atoms with Crippen LogP contribution in [0.15, 0.2) is 0 Å². The standard InChI is InChI=1S/C13H19N3O4/c1-8-11(9(2)16(3)15-8)20-7-10(17)14-13(12(18)19)5-4-6-13/h4-7H2,1-3H3,(H,14,17)(H,18,19). The smallest absolute Gasteiger partial charge is 0.329 e. The number of hydrogen-bond donors (Lipinski definition) is 2. The predicted molar refractivity (Wildman–Crippen MR) is 70.5 cm³/mol. The maximum atomic E-state index is 11.8. The Labute approximate surface area is 116 Å². The normalized spacial score (nSPS) is 16.4. The number of rotatable bonds is 5. The summed E-state index contributed by atoms with van der Waals surface area (Å²) in [7, 11) is 1.79. The lowest BCUT2D eigenvalue weighted by Gasteiger charge is -2.38. The molecule has 1 aromatic rings. The maximum absolute atomic E-state index is 11.8. The minimum Gasteiger partial charge on any atom is -0.480 e. The van der Waals surface area contributed by atoms with E-state index >= 15 is 0 Å². The quantitative estimate of drug-likeness (QED) is 0.821. The largest absolute Gasteiger partial charge is 0.480 e. The van der Waals surface area contributed by atoms with Crippen molar-refractivity contribution in [3.8, 4) is 5.75 Å². The molecular formula is C13H19N3O4. The third-order valence-corrected chi connectivity index (χ3v) is 3.79. The van der Waals surface area contributed by atoms with Crippen molar-refractivity contribution in [3.05, 3.63) is 11.4 Å². The second-order valence-electron chi connectivity index (χ2n) is 5.20. The van der Waals surface area contributed by atoms with Crippen LogP contribution in [0.1, 0.15) is 30.7 Å². The molecule has 0 aromatic carbocycles. The Kier molecular flexibility index (Phi) is 3.69. The molecule has 0 unspecified atom stereocenters. The number of aromatic nitrogens is 2. The molecule has 0 saturated heterocycles. The third-order valence-electron chi connectivity index (χ3n) is 3.79. The molecular weight excluding hydrogens is 262 g/mol. The van der Waals surface area contributed by atoms with Crippen LogP contribution in [-0.2, 0) is 16.6 Å². The first-order chi connectivity index (χ1) is 9.35. The van der Waals surface area contributed by atoms with Crippen LogP contribution in [0.5, 0.6) is 5.75 Å². The van der Waals surface area contributed by atoms with Crippen LogP contribution in [0.25, 0.3) is 0 Å². The highest BCUT2D eigenvalue weighted by molar-refractivity contribution is 5.88. The van der Waals surface area contributed by atoms with Crippen LogP contribution in [0.3, 0.4) is 0 Å². The number of aryl methyl sites for hydroxylation is 2. The number of carbonyl (C=O) groups excluding carboxylic acids is 1. The highest BCUT2D eigenvalue weighted by Crippen LogP contribution is 2.32. The molecule has 0 atom stereocenters. The Morgan fingerprint density at radius 3 is 2.50 bits per heavy atom. The number of nitrogens with one attached hydrogen (secondary N) is 1. The summed E-state index contributed by atoms with van der Waals surface area (Å²) < 4.78 is 7.13. The van der Waals surface area contributed by atoms with Crippen molar-refractivity contribution >= 4 is 11.9 Å². The summed E-state index contributed by atoms with van der Waals surface area (Å²) >= 11 is 0. The second kappa shape index (κ2) is 5.15. The lowest BCUT2D eigenvalue weighted by molar-refractivity contribution is -0.152. The number of carboxylic acids is 1. The van der Waals surface area contributed by atoms with Gasteiger partial charge in [-0.1, -0.05) is 0 Å². The Morgan fingerprint density at radius 2 is 2.10 bits per heavy atom. The van der Waals surface area contributed by atoms with E-state index in [2.05, 4.69) is 10.4 Å². The van der Waals surface area contributed by atoms with Gasteiger partial charge in [0, 0.05) is 7.05 Å². The molecule has 2 N–H and O–H groups in total. The van der Waals surface area contributed by atoms with E-state index in [-0.39, 0.29) is 6.61 Å². The Balaban J connectivity index is 1.94. The second-order valence-corrected chi connectivity index (χ2v) is 5.20. The summed E-state index contributed by atoms with van der Waals surface area (Å²) in [6, 6.07) is 0. The Hall–Kier alpha value is -2.05. The number of carbonyl (C=O) groups is 2. The summed E-state index contributed by atoms with van der Waals surface area (Å²) in [6.45, 7) is 3.44. The lowest BCUT2D eigenvalue weighted by atomic mass is 9.77. The van der Waals surface area contributed by atoms with Crippen molar-refractivity contribution in [1.82, 2.24) is 15.1 Å². The van der Waals surface area contributed by atoms with Crippen LogP contribution in [0.2, 0.25) is 0 Å². The molecule has 1 amide bonds. The molecule has 1 fully saturated rings. The molecule has 1 saturated carbocycles. The van der Waals surface area contributed by atoms with E-state index in [0.29, 0.717) is 24.3 Å². The summed E-state index contributed by atoms with van der Waals surface area (Å²) in [5.41, 5.74) is 0.431. The molecule has 0 aliphatic heterocycles. The minimum absolute atomic E-state index is 0.206. The molecule has 1 aliphatic carbocycles. The molecule has 20 heavy (non-hydrogen) atoms. The maximum Gasteiger partial charge on any atom is 0.329 e. The van der Waals surface area contributed by atoms with Crippen molar-refractivity contribution < 1.29 is 19.4 Å². The average Bonchev–Trinajstić information content (AvgIpc) is 2.55. The van der Waals surface area contributed by atoms with E-state index in [1.807, 2.05) is 6.92 Å². The average molecular weight is 281 g/mol. The number of carboxylic acid groups (broad SMARTS) is 1. The summed E-state index contributed by atoms with van der Waals surface area (Å²) in [5.74, 6) is -0.832. The van der Waals surface area contributed by atoms with Crippen LogP contribution in [0.4, 0.5) is 0 Å². The van der Waals surface area contributed by atoms with Gasteiger partial charge in [0.25, 0.3) is 5.91 Å². The first kappa shape index (κ1) is 14.4. The topological polar surface area (TPSA) is 93.5 Å². The Bertz CT molecular complexity index is 546. The number of nitrogens with zero attached hydrogens (tertiary/aromatic N) is 2. The Morgan fingerprint density at radius 1 is 1.45 bits per heavy atom. The predicted octanol–water partition coefficient (Wildman–Crippen LogP) is 0.539. The van der Waals surface area contributed by atoms with E-state index in [9.17, 15) is 9.59 Å². The van der Waals surface area contributed by atoms with Gasteiger partial charge in [0.1, 0.15) is 11.2 Å². The van der Waals surface area contributed by atoms with Crippen molar-refractivity contribution in [2.75, 3.05) is 6.61 Å². The fraction of sp³-hybridized carbons (Fsp3) is 0.615. The van der Waals surface area contributed by atoms with Gasteiger partial charge < -0.3 is 15.2 Å². The van der Waals surface area contributed by atoms with E-state index in [1.165, 1.54) is 0 Å². The lowest BCUT2D eigenvalue weighted by Crippen LogP contribution is -2.59. The fourth-order valence-corrected chi connectivity index (χ4v) is 2.33. The van der Waals surface area contributed by atoms with Crippen molar-refractivity contribution in [1.29, 1.82) is 0 Å². The van der Waals surface area contributed by atoms with Gasteiger partial charge in [-0.2, -0.15) is 5.10 Å². The molecule has 7 nitrogen and oxygen atoms in total. The number of amides is 1. The van der Waals surface area contributed by atoms with E-state index in [0.717, 1.165) is 12.1 Å². The summed E-state index contributed by atoms with van der Waals surface area (Å²) in [5, 5.41) is 15.9. The van der Waals surface area contributed by atoms with Gasteiger partial charge in [-0.05, 0) is 33.1 Å². The van der Waals surface area contributed by atoms with Gasteiger partial charge in [0.15, 0.2) is 12.4 Å². The van der Waals surface area contributed by atoms with Crippen molar-refractivity contribution in [2.45, 2.75) is 38.6 Å². The zero-order valence-corrected chi connectivity index (χ0v) is 11.9. The van der Waals surface area contributed by atoms with Crippen LogP contribution < -0.4 is 10.1 Å². The van der Waals surface area contributed by atoms with Crippen molar-refractivity contribution in [2.24, 2.45) is 7.05 Å². The molecule has 2 rings (SSSR count). The van der Waals surface area contributed by atoms with Gasteiger partial charge in [0.05, 0.1) is 5.69 Å². The summed E-state index contributed by atoms with van der Waals surface area (Å²) in [4.78, 5) is 23.0. The SMILES string of the molecule is Cc1nn(C)c(C)c1OCC(=O)NC1(C(=O)O)CCC1. The highest BCUT2D eigenvalue weighted by Gasteiger charge is 2.45.